The number of hydrogen-bond acceptors (Lipinski definition) is 4. The quantitative estimate of drug-likeness (QED) is 0.648. The van der Waals surface area contributed by atoms with E-state index in [0.717, 1.165) is 30.9 Å². The zero-order valence-electron chi connectivity index (χ0n) is 15.4. The molecule has 0 bridgehead atoms. The highest BCUT2D eigenvalue weighted by molar-refractivity contribution is 7.10. The van der Waals surface area contributed by atoms with Crippen LogP contribution in [0, 0.1) is 12.3 Å². The number of thiophene rings is 1. The number of nitrogens with one attached hydrogen (secondary N) is 1. The summed E-state index contributed by atoms with van der Waals surface area (Å²) < 4.78 is 5.36. The van der Waals surface area contributed by atoms with Gasteiger partial charge in [0, 0.05) is 18.0 Å². The van der Waals surface area contributed by atoms with Crippen LogP contribution in [0.3, 0.4) is 0 Å². The van der Waals surface area contributed by atoms with Crippen molar-refractivity contribution in [2.45, 2.75) is 19.5 Å². The number of rotatable bonds is 5. The number of amides is 2. The van der Waals surface area contributed by atoms with Crippen LogP contribution in [0.4, 0.5) is 16.2 Å². The molecule has 0 spiro atoms. The molecular weight excluding hydrogens is 370 g/mol. The molecular formula is C22H21N3O2S. The number of fused-ring (bicyclic) bond motifs is 1. The minimum atomic E-state index is -0.241. The minimum Gasteiger partial charge on any atom is -0.467 e. The fourth-order valence-corrected chi connectivity index (χ4v) is 4.29. The Balaban J connectivity index is 1.51. The Hall–Kier alpha value is -3.17. The van der Waals surface area contributed by atoms with Crippen molar-refractivity contribution in [1.29, 1.82) is 0 Å². The standard InChI is InChI=1S/C22H21N3O2S/c1-2-11-25(16-18-6-5-13-27-18)22(26)23-19-7-3-4-8-20(19)24-12-9-21-17(15-24)10-14-28-21/h1,3-8,10,13-14H,9,11-12,15-16H2,(H,23,26). The molecule has 1 aliphatic rings. The van der Waals surface area contributed by atoms with Crippen molar-refractivity contribution in [1.82, 2.24) is 4.90 Å². The molecule has 1 N–H and O–H groups in total. The fourth-order valence-electron chi connectivity index (χ4n) is 3.40. The number of benzene rings is 1. The van der Waals surface area contributed by atoms with E-state index in [1.807, 2.05) is 41.7 Å². The van der Waals surface area contributed by atoms with E-state index >= 15 is 0 Å². The highest BCUT2D eigenvalue weighted by atomic mass is 32.1. The fraction of sp³-hybridized carbons (Fsp3) is 0.227. The first-order valence-corrected chi connectivity index (χ1v) is 10.0. The monoisotopic (exact) mass is 391 g/mol. The summed E-state index contributed by atoms with van der Waals surface area (Å²) in [6.45, 7) is 2.32. The largest absolute Gasteiger partial charge is 0.467 e. The molecule has 0 unspecified atom stereocenters. The van der Waals surface area contributed by atoms with Crippen molar-refractivity contribution in [2.75, 3.05) is 23.3 Å². The van der Waals surface area contributed by atoms with Gasteiger partial charge in [0.15, 0.2) is 0 Å². The van der Waals surface area contributed by atoms with E-state index in [-0.39, 0.29) is 12.6 Å². The number of urea groups is 1. The normalized spacial score (nSPS) is 12.9. The minimum absolute atomic E-state index is 0.205. The van der Waals surface area contributed by atoms with E-state index in [4.69, 9.17) is 10.8 Å². The third-order valence-electron chi connectivity index (χ3n) is 4.79. The average molecular weight is 391 g/mol. The molecule has 5 nitrogen and oxygen atoms in total. The lowest BCUT2D eigenvalue weighted by Crippen LogP contribution is -2.36. The topological polar surface area (TPSA) is 48.7 Å². The predicted molar refractivity (Wildman–Crippen MR) is 112 cm³/mol. The first kappa shape index (κ1) is 18.2. The SMILES string of the molecule is C#CCN(Cc1ccco1)C(=O)Nc1ccccc1N1CCc2sccc2C1. The molecule has 6 heteroatoms. The van der Waals surface area contributed by atoms with Gasteiger partial charge in [-0.05, 0) is 47.7 Å². The van der Waals surface area contributed by atoms with Crippen LogP contribution < -0.4 is 10.2 Å². The van der Waals surface area contributed by atoms with Crippen molar-refractivity contribution in [3.63, 3.8) is 0 Å². The van der Waals surface area contributed by atoms with E-state index in [2.05, 4.69) is 27.6 Å². The maximum atomic E-state index is 12.9. The summed E-state index contributed by atoms with van der Waals surface area (Å²) in [5, 5.41) is 5.18. The molecule has 0 radical (unpaired) electrons. The van der Waals surface area contributed by atoms with Crippen molar-refractivity contribution in [3.05, 3.63) is 70.3 Å². The summed E-state index contributed by atoms with van der Waals surface area (Å²) in [6, 6.07) is 13.5. The number of carbonyl (C=O) groups is 1. The summed E-state index contributed by atoms with van der Waals surface area (Å²) >= 11 is 1.82. The summed E-state index contributed by atoms with van der Waals surface area (Å²) in [7, 11) is 0. The lowest BCUT2D eigenvalue weighted by Gasteiger charge is -2.31. The van der Waals surface area contributed by atoms with Gasteiger partial charge in [-0.1, -0.05) is 18.1 Å². The number of carbonyl (C=O) groups excluding carboxylic acids is 1. The van der Waals surface area contributed by atoms with Crippen LogP contribution in [0.2, 0.25) is 0 Å². The van der Waals surface area contributed by atoms with Crippen LogP contribution in [0.15, 0.2) is 58.5 Å². The van der Waals surface area contributed by atoms with Gasteiger partial charge in [0.2, 0.25) is 0 Å². The Labute approximate surface area is 168 Å². The van der Waals surface area contributed by atoms with Gasteiger partial charge in [-0.15, -0.1) is 17.8 Å². The maximum absolute atomic E-state index is 12.9. The Morgan fingerprint density at radius 2 is 2.18 bits per heavy atom. The molecule has 3 heterocycles. The molecule has 142 valence electrons. The lowest BCUT2D eigenvalue weighted by molar-refractivity contribution is 0.211. The van der Waals surface area contributed by atoms with Gasteiger partial charge in [0.05, 0.1) is 30.7 Å². The second kappa shape index (κ2) is 8.24. The van der Waals surface area contributed by atoms with Gasteiger partial charge in [-0.25, -0.2) is 4.79 Å². The second-order valence-electron chi connectivity index (χ2n) is 6.63. The van der Waals surface area contributed by atoms with Gasteiger partial charge >= 0.3 is 6.03 Å². The zero-order chi connectivity index (χ0) is 19.3. The first-order chi connectivity index (χ1) is 13.7. The molecule has 0 aliphatic carbocycles. The van der Waals surface area contributed by atoms with Crippen LogP contribution in [0.5, 0.6) is 0 Å². The molecule has 0 saturated carbocycles. The average Bonchev–Trinajstić information content (AvgIpc) is 3.39. The number of anilines is 2. The lowest BCUT2D eigenvalue weighted by atomic mass is 10.1. The second-order valence-corrected chi connectivity index (χ2v) is 7.63. The van der Waals surface area contributed by atoms with Crippen molar-refractivity contribution >= 4 is 28.7 Å². The third-order valence-corrected chi connectivity index (χ3v) is 5.81. The van der Waals surface area contributed by atoms with E-state index in [0.29, 0.717) is 12.3 Å². The Bertz CT molecular complexity index is 987. The molecule has 1 aliphatic heterocycles. The summed E-state index contributed by atoms with van der Waals surface area (Å²) in [6.07, 6.45) is 8.08. The molecule has 4 rings (SSSR count). The predicted octanol–water partition coefficient (Wildman–Crippen LogP) is 4.57. The Morgan fingerprint density at radius 1 is 1.29 bits per heavy atom. The number of hydrogen-bond donors (Lipinski definition) is 1. The Kier molecular flexibility index (Phi) is 5.36. The third kappa shape index (κ3) is 3.90. The number of para-hydroxylation sites is 2. The van der Waals surface area contributed by atoms with E-state index in [1.54, 1.807) is 17.2 Å². The number of furan rings is 1. The first-order valence-electron chi connectivity index (χ1n) is 9.15. The molecule has 3 aromatic rings. The van der Waals surface area contributed by atoms with Crippen molar-refractivity contribution < 1.29 is 9.21 Å². The summed E-state index contributed by atoms with van der Waals surface area (Å²) in [5.41, 5.74) is 3.17. The van der Waals surface area contributed by atoms with Crippen LogP contribution in [0.1, 0.15) is 16.2 Å². The number of terminal acetylenes is 1. The Morgan fingerprint density at radius 3 is 3.00 bits per heavy atom. The van der Waals surface area contributed by atoms with Gasteiger partial charge in [-0.2, -0.15) is 0 Å². The van der Waals surface area contributed by atoms with Crippen LogP contribution in [0.25, 0.3) is 0 Å². The van der Waals surface area contributed by atoms with E-state index in [9.17, 15) is 4.79 Å². The van der Waals surface area contributed by atoms with Gasteiger partial charge in [-0.3, -0.25) is 0 Å². The highest BCUT2D eigenvalue weighted by Crippen LogP contribution is 2.32. The van der Waals surface area contributed by atoms with Crippen LogP contribution in [-0.2, 0) is 19.5 Å². The smallest absolute Gasteiger partial charge is 0.323 e. The van der Waals surface area contributed by atoms with Crippen molar-refractivity contribution in [3.8, 4) is 12.3 Å². The molecule has 2 amide bonds. The number of nitrogens with zero attached hydrogens (tertiary/aromatic N) is 2. The molecule has 28 heavy (non-hydrogen) atoms. The van der Waals surface area contributed by atoms with Gasteiger partial charge < -0.3 is 19.5 Å². The molecule has 2 aromatic heterocycles. The van der Waals surface area contributed by atoms with E-state index < -0.39 is 0 Å². The van der Waals surface area contributed by atoms with Crippen molar-refractivity contribution in [2.24, 2.45) is 0 Å². The summed E-state index contributed by atoms with van der Waals surface area (Å²) in [4.78, 5) is 18.2. The molecule has 0 saturated heterocycles. The highest BCUT2D eigenvalue weighted by Gasteiger charge is 2.21. The molecule has 0 fully saturated rings. The summed E-state index contributed by atoms with van der Waals surface area (Å²) in [5.74, 6) is 3.24. The van der Waals surface area contributed by atoms with Gasteiger partial charge in [0.1, 0.15) is 5.76 Å². The zero-order valence-corrected chi connectivity index (χ0v) is 16.2. The van der Waals surface area contributed by atoms with Crippen LogP contribution >= 0.6 is 11.3 Å². The molecule has 0 atom stereocenters. The molecule has 1 aromatic carbocycles. The van der Waals surface area contributed by atoms with Crippen LogP contribution in [-0.4, -0.2) is 24.0 Å². The van der Waals surface area contributed by atoms with Gasteiger partial charge in [0.25, 0.3) is 0 Å². The maximum Gasteiger partial charge on any atom is 0.323 e. The van der Waals surface area contributed by atoms with E-state index in [1.165, 1.54) is 10.4 Å².